The van der Waals surface area contributed by atoms with E-state index in [1.165, 1.54) is 0 Å². The number of nitrogens with one attached hydrogen (secondary N) is 1. The molecule has 0 saturated heterocycles. The van der Waals surface area contributed by atoms with Crippen molar-refractivity contribution in [2.45, 2.75) is 33.2 Å². The first-order chi connectivity index (χ1) is 6.28. The summed E-state index contributed by atoms with van der Waals surface area (Å²) < 4.78 is 0. The van der Waals surface area contributed by atoms with Gasteiger partial charge in [0.05, 0.1) is 0 Å². The monoisotopic (exact) mass is 206 g/mol. The quantitative estimate of drug-likeness (QED) is 0.611. The largest absolute Gasteiger partial charge is 0.312 e. The van der Waals surface area contributed by atoms with Crippen molar-refractivity contribution in [1.82, 2.24) is 10.2 Å². The lowest BCUT2D eigenvalue weighted by Crippen LogP contribution is -2.37. The van der Waals surface area contributed by atoms with Gasteiger partial charge in [0, 0.05) is 25.0 Å². The second kappa shape index (κ2) is 8.79. The predicted octanol–water partition coefficient (Wildman–Crippen LogP) is 1.94. The molecule has 0 amide bonds. The third kappa shape index (κ3) is 6.30. The van der Waals surface area contributed by atoms with Crippen molar-refractivity contribution in [1.29, 1.82) is 0 Å². The van der Waals surface area contributed by atoms with Crippen molar-refractivity contribution in [3.63, 3.8) is 0 Å². The van der Waals surface area contributed by atoms with Crippen LogP contribution in [0.1, 0.15) is 27.2 Å². The molecule has 2 nitrogen and oxygen atoms in total. The van der Waals surface area contributed by atoms with Crippen molar-refractivity contribution < 1.29 is 0 Å². The molecule has 1 unspecified atom stereocenters. The maximum Gasteiger partial charge on any atom is 0.0377 e. The zero-order valence-corrected chi connectivity index (χ0v) is 9.90. The van der Waals surface area contributed by atoms with Crippen molar-refractivity contribution in [2.24, 2.45) is 0 Å². The van der Waals surface area contributed by atoms with Crippen molar-refractivity contribution in [3.05, 3.63) is 0 Å². The summed E-state index contributed by atoms with van der Waals surface area (Å²) in [5, 5.41) is 3.44. The van der Waals surface area contributed by atoms with Crippen LogP contribution in [0.25, 0.3) is 0 Å². The molecule has 0 aromatic rings. The number of rotatable bonds is 8. The van der Waals surface area contributed by atoms with E-state index < -0.39 is 0 Å². The van der Waals surface area contributed by atoms with E-state index in [1.807, 2.05) is 0 Å². The molecule has 0 rings (SSSR count). The normalized spacial score (nSPS) is 13.6. The van der Waals surface area contributed by atoms with Gasteiger partial charge in [0.2, 0.25) is 0 Å². The fraction of sp³-hybridized carbons (Fsp3) is 1.00. The minimum absolute atomic E-state index is 0.484. The van der Waals surface area contributed by atoms with Gasteiger partial charge in [-0.3, -0.25) is 0 Å². The summed E-state index contributed by atoms with van der Waals surface area (Å²) in [6.07, 6.45) is 1.11. The Labute approximate surface area is 87.6 Å². The van der Waals surface area contributed by atoms with Gasteiger partial charge in [-0.1, -0.05) is 20.8 Å². The predicted molar refractivity (Wildman–Crippen MR) is 60.6 cm³/mol. The van der Waals surface area contributed by atoms with E-state index in [0.29, 0.717) is 6.04 Å². The van der Waals surface area contributed by atoms with Gasteiger partial charge in [-0.25, -0.2) is 0 Å². The topological polar surface area (TPSA) is 15.3 Å². The Bertz CT molecular complexity index is 89.1. The van der Waals surface area contributed by atoms with Crippen LogP contribution >= 0.6 is 11.6 Å². The molecule has 0 radical (unpaired) electrons. The highest BCUT2D eigenvalue weighted by Crippen LogP contribution is 1.93. The maximum atomic E-state index is 5.77. The summed E-state index contributed by atoms with van der Waals surface area (Å²) in [5.41, 5.74) is 0. The Morgan fingerprint density at radius 1 is 1.23 bits per heavy atom. The number of hydrogen-bond acceptors (Lipinski definition) is 2. The molecule has 0 aliphatic rings. The Kier molecular flexibility index (Phi) is 8.93. The van der Waals surface area contributed by atoms with Gasteiger partial charge in [0.1, 0.15) is 0 Å². The van der Waals surface area contributed by atoms with E-state index in [0.717, 1.165) is 38.5 Å². The zero-order valence-electron chi connectivity index (χ0n) is 9.15. The van der Waals surface area contributed by atoms with Crippen LogP contribution in [-0.2, 0) is 0 Å². The van der Waals surface area contributed by atoms with Crippen LogP contribution in [0.2, 0.25) is 0 Å². The minimum Gasteiger partial charge on any atom is -0.312 e. The van der Waals surface area contributed by atoms with E-state index in [2.05, 4.69) is 31.0 Å². The molecule has 0 heterocycles. The molecule has 0 aliphatic heterocycles. The highest BCUT2D eigenvalue weighted by atomic mass is 35.5. The number of alkyl halides is 1. The highest BCUT2D eigenvalue weighted by Gasteiger charge is 2.03. The zero-order chi connectivity index (χ0) is 10.1. The van der Waals surface area contributed by atoms with Crippen LogP contribution in [-0.4, -0.2) is 43.0 Å². The fourth-order valence-corrected chi connectivity index (χ4v) is 1.60. The van der Waals surface area contributed by atoms with Crippen LogP contribution < -0.4 is 5.32 Å². The third-order valence-electron chi connectivity index (χ3n) is 2.43. The second-order valence-electron chi connectivity index (χ2n) is 3.24. The van der Waals surface area contributed by atoms with Gasteiger partial charge in [-0.15, -0.1) is 11.6 Å². The van der Waals surface area contributed by atoms with Crippen molar-refractivity contribution >= 4 is 11.6 Å². The Morgan fingerprint density at radius 3 is 2.23 bits per heavy atom. The van der Waals surface area contributed by atoms with Crippen molar-refractivity contribution in [3.8, 4) is 0 Å². The first kappa shape index (κ1) is 13.2. The number of nitrogens with zero attached hydrogens (tertiary/aromatic N) is 1. The maximum absolute atomic E-state index is 5.77. The van der Waals surface area contributed by atoms with Gasteiger partial charge in [-0.05, 0) is 19.5 Å². The molecule has 0 fully saturated rings. The molecule has 0 spiro atoms. The number of likely N-dealkylation sites (N-methyl/N-ethyl adjacent to an activating group) is 1. The number of halogens is 1. The Morgan fingerprint density at radius 2 is 1.85 bits per heavy atom. The minimum atomic E-state index is 0.484. The van der Waals surface area contributed by atoms with Crippen molar-refractivity contribution in [2.75, 3.05) is 32.1 Å². The molecule has 13 heavy (non-hydrogen) atoms. The first-order valence-corrected chi connectivity index (χ1v) is 5.83. The molecule has 1 N–H and O–H groups in total. The van der Waals surface area contributed by atoms with Gasteiger partial charge in [0.15, 0.2) is 0 Å². The lowest BCUT2D eigenvalue weighted by molar-refractivity contribution is 0.297. The summed E-state index contributed by atoms with van der Waals surface area (Å²) in [6, 6.07) is 0.484. The van der Waals surface area contributed by atoms with E-state index in [9.17, 15) is 0 Å². The summed E-state index contributed by atoms with van der Waals surface area (Å²) in [4.78, 5) is 2.41. The van der Waals surface area contributed by atoms with Gasteiger partial charge in [-0.2, -0.15) is 0 Å². The SMILES string of the molecule is CCC(CCl)NCCN(CC)CC. The summed E-state index contributed by atoms with van der Waals surface area (Å²) in [5.74, 6) is 0.717. The molecule has 0 aromatic carbocycles. The third-order valence-corrected chi connectivity index (χ3v) is 2.81. The lowest BCUT2D eigenvalue weighted by atomic mass is 10.2. The molecular formula is C10H23ClN2. The number of hydrogen-bond donors (Lipinski definition) is 1. The Balaban J connectivity index is 3.41. The van der Waals surface area contributed by atoms with Crippen LogP contribution in [0.5, 0.6) is 0 Å². The van der Waals surface area contributed by atoms with E-state index >= 15 is 0 Å². The van der Waals surface area contributed by atoms with E-state index in [1.54, 1.807) is 0 Å². The highest BCUT2D eigenvalue weighted by molar-refractivity contribution is 6.18. The standard InChI is InChI=1S/C10H23ClN2/c1-4-10(9-11)12-7-8-13(5-2)6-3/h10,12H,4-9H2,1-3H3. The smallest absolute Gasteiger partial charge is 0.0377 e. The molecule has 0 saturated carbocycles. The fourth-order valence-electron chi connectivity index (χ4n) is 1.27. The molecule has 1 atom stereocenters. The molecule has 0 aromatic heterocycles. The first-order valence-electron chi connectivity index (χ1n) is 5.30. The molecule has 0 bridgehead atoms. The molecule has 80 valence electrons. The van der Waals surface area contributed by atoms with E-state index in [-0.39, 0.29) is 0 Å². The average Bonchev–Trinajstić information content (AvgIpc) is 2.19. The average molecular weight is 207 g/mol. The van der Waals surface area contributed by atoms with Gasteiger partial charge < -0.3 is 10.2 Å². The Hall–Kier alpha value is 0.210. The molecule has 0 aliphatic carbocycles. The van der Waals surface area contributed by atoms with Gasteiger partial charge in [0.25, 0.3) is 0 Å². The van der Waals surface area contributed by atoms with Crippen LogP contribution in [0.15, 0.2) is 0 Å². The summed E-state index contributed by atoms with van der Waals surface area (Å²) in [6.45, 7) is 11.0. The molecule has 3 heteroatoms. The lowest BCUT2D eigenvalue weighted by Gasteiger charge is -2.20. The van der Waals surface area contributed by atoms with Crippen LogP contribution in [0, 0.1) is 0 Å². The second-order valence-corrected chi connectivity index (χ2v) is 3.55. The molecular weight excluding hydrogens is 184 g/mol. The van der Waals surface area contributed by atoms with Crippen LogP contribution in [0.4, 0.5) is 0 Å². The van der Waals surface area contributed by atoms with E-state index in [4.69, 9.17) is 11.6 Å². The summed E-state index contributed by atoms with van der Waals surface area (Å²) >= 11 is 5.77. The van der Waals surface area contributed by atoms with Gasteiger partial charge >= 0.3 is 0 Å². The summed E-state index contributed by atoms with van der Waals surface area (Å²) in [7, 11) is 0. The van der Waals surface area contributed by atoms with Crippen LogP contribution in [0.3, 0.4) is 0 Å².